The van der Waals surface area contributed by atoms with Crippen LogP contribution in [-0.4, -0.2) is 89.9 Å². The van der Waals surface area contributed by atoms with Gasteiger partial charge in [-0.05, 0) is 99.6 Å². The minimum absolute atomic E-state index is 0.0129. The Morgan fingerprint density at radius 2 is 0.741 bits per heavy atom. The molecule has 0 saturated carbocycles. The lowest BCUT2D eigenvalue weighted by Gasteiger charge is -2.31. The topological polar surface area (TPSA) is 161 Å². The van der Waals surface area contributed by atoms with Crippen LogP contribution in [0.1, 0.15) is 209 Å². The summed E-state index contributed by atoms with van der Waals surface area (Å²) in [7, 11) is 0. The lowest BCUT2D eigenvalue weighted by Crippen LogP contribution is -2.44. The highest BCUT2D eigenvalue weighted by molar-refractivity contribution is 7.23. The number of hydrogen-bond donors (Lipinski definition) is 0. The number of carbonyl (C=O) groups is 4. The van der Waals surface area contributed by atoms with Gasteiger partial charge >= 0.3 is 23.9 Å². The van der Waals surface area contributed by atoms with E-state index in [0.717, 1.165) is 128 Å². The Balaban J connectivity index is 1.37. The van der Waals surface area contributed by atoms with Crippen LogP contribution >= 0.6 is 22.7 Å². The van der Waals surface area contributed by atoms with Crippen molar-refractivity contribution in [2.24, 2.45) is 29.1 Å². The Bertz CT molecular complexity index is 2420. The summed E-state index contributed by atoms with van der Waals surface area (Å²) in [4.78, 5) is 59.5. The molecule has 0 amide bonds. The van der Waals surface area contributed by atoms with Crippen molar-refractivity contribution in [2.75, 3.05) is 66.1 Å². The molecular weight excluding hydrogens is 1070 g/mol. The molecule has 0 spiro atoms. The summed E-state index contributed by atoms with van der Waals surface area (Å²) >= 11 is 3.11. The molecule has 0 N–H and O–H groups in total. The standard InChI is InChI=1S/C65H92O14S2/c1-11-19-23-45(15-5)35-72-61(66)49-29-50(62(67)73-36-46(16-6)24-20-12-2)32-53(31-49)76-39-65(41-78-56-44(10)81-60(58(56)79-42-65)59-57-55(43(9)80-59)70-27-28-71-57)40-77-54-33-51(63(68)74-37-47(17-7)25-21-13-3)30-52(34-54)64(69)75-38-48(18-8)26-22-14-4/h29-34,45-48H,11-28,35-42H2,1-10H3. The zero-order valence-electron chi connectivity index (χ0n) is 50.2. The highest BCUT2D eigenvalue weighted by Gasteiger charge is 2.41. The van der Waals surface area contributed by atoms with Gasteiger partial charge in [-0.1, -0.05) is 132 Å². The molecule has 4 heterocycles. The summed E-state index contributed by atoms with van der Waals surface area (Å²) < 4.78 is 63.2. The van der Waals surface area contributed by atoms with Gasteiger partial charge in [0, 0.05) is 9.75 Å². The summed E-state index contributed by atoms with van der Waals surface area (Å²) in [6, 6.07) is 9.36. The molecule has 448 valence electrons. The van der Waals surface area contributed by atoms with E-state index in [4.69, 9.17) is 47.4 Å². The molecule has 2 aliphatic heterocycles. The van der Waals surface area contributed by atoms with Gasteiger partial charge in [0.25, 0.3) is 0 Å². The lowest BCUT2D eigenvalue weighted by atomic mass is 9.92. The van der Waals surface area contributed by atoms with Gasteiger partial charge in [0.05, 0.1) is 58.4 Å². The molecule has 4 aromatic rings. The van der Waals surface area contributed by atoms with Crippen LogP contribution in [0.25, 0.3) is 9.75 Å². The predicted molar refractivity (Wildman–Crippen MR) is 320 cm³/mol. The molecule has 0 radical (unpaired) electrons. The van der Waals surface area contributed by atoms with Crippen molar-refractivity contribution in [2.45, 2.75) is 172 Å². The second kappa shape index (κ2) is 33.0. The summed E-state index contributed by atoms with van der Waals surface area (Å²) in [5.41, 5.74) is -0.503. The predicted octanol–water partition coefficient (Wildman–Crippen LogP) is 16.3. The molecule has 2 aromatic carbocycles. The number of thiophene rings is 2. The van der Waals surface area contributed by atoms with E-state index in [1.165, 1.54) is 12.1 Å². The number of esters is 4. The number of aryl methyl sites for hydroxylation is 2. The Hall–Kier alpha value is -5.48. The van der Waals surface area contributed by atoms with Crippen LogP contribution in [0.2, 0.25) is 0 Å². The molecular formula is C65H92O14S2. The van der Waals surface area contributed by atoms with Crippen molar-refractivity contribution >= 4 is 46.6 Å². The van der Waals surface area contributed by atoms with Crippen LogP contribution in [0, 0.1) is 42.9 Å². The van der Waals surface area contributed by atoms with E-state index >= 15 is 0 Å². The first-order valence-electron chi connectivity index (χ1n) is 30.2. The Morgan fingerprint density at radius 1 is 0.444 bits per heavy atom. The summed E-state index contributed by atoms with van der Waals surface area (Å²) in [5.74, 6) is 1.47. The van der Waals surface area contributed by atoms with Gasteiger partial charge in [-0.15, -0.1) is 22.7 Å². The molecule has 6 rings (SSSR count). The molecule has 0 bridgehead atoms. The van der Waals surface area contributed by atoms with E-state index in [0.29, 0.717) is 30.5 Å². The third kappa shape index (κ3) is 18.5. The fraction of sp³-hybridized carbons (Fsp3) is 0.631. The summed E-state index contributed by atoms with van der Waals surface area (Å²) in [6.45, 7) is 22.6. The van der Waals surface area contributed by atoms with Crippen LogP contribution in [0.15, 0.2) is 36.4 Å². The second-order valence-electron chi connectivity index (χ2n) is 22.2. The fourth-order valence-corrected chi connectivity index (χ4v) is 12.1. The molecule has 16 heteroatoms. The number of carbonyl (C=O) groups excluding carboxylic acids is 4. The number of fused-ring (bicyclic) bond motifs is 2. The molecule has 4 atom stereocenters. The molecule has 0 fully saturated rings. The zero-order chi connectivity index (χ0) is 58.3. The van der Waals surface area contributed by atoms with E-state index < -0.39 is 29.3 Å². The highest BCUT2D eigenvalue weighted by atomic mass is 32.1. The Kier molecular flexibility index (Phi) is 26.3. The van der Waals surface area contributed by atoms with Crippen LogP contribution in [0.4, 0.5) is 0 Å². The quantitative estimate of drug-likeness (QED) is 0.0316. The van der Waals surface area contributed by atoms with E-state index in [2.05, 4.69) is 55.4 Å². The average Bonchev–Trinajstić information content (AvgIpc) is 3.92. The van der Waals surface area contributed by atoms with Gasteiger partial charge in [0.1, 0.15) is 56.6 Å². The summed E-state index contributed by atoms with van der Waals surface area (Å²) in [5, 5.41) is 0. The number of benzene rings is 2. The average molecular weight is 1160 g/mol. The van der Waals surface area contributed by atoms with Crippen molar-refractivity contribution in [3.05, 3.63) is 68.4 Å². The van der Waals surface area contributed by atoms with Gasteiger partial charge in [0.2, 0.25) is 0 Å². The molecule has 4 unspecified atom stereocenters. The molecule has 0 aliphatic carbocycles. The Morgan fingerprint density at radius 3 is 1.06 bits per heavy atom. The second-order valence-corrected chi connectivity index (χ2v) is 24.6. The zero-order valence-corrected chi connectivity index (χ0v) is 51.8. The van der Waals surface area contributed by atoms with E-state index in [1.54, 1.807) is 46.9 Å². The van der Waals surface area contributed by atoms with Gasteiger partial charge in [0.15, 0.2) is 23.0 Å². The van der Waals surface area contributed by atoms with Crippen molar-refractivity contribution < 1.29 is 66.5 Å². The van der Waals surface area contributed by atoms with Gasteiger partial charge in [-0.2, -0.15) is 0 Å². The molecule has 2 aliphatic rings. The third-order valence-electron chi connectivity index (χ3n) is 15.6. The van der Waals surface area contributed by atoms with Gasteiger partial charge in [-0.25, -0.2) is 19.2 Å². The maximum atomic E-state index is 14.0. The monoisotopic (exact) mass is 1160 g/mol. The first-order chi connectivity index (χ1) is 39.2. The van der Waals surface area contributed by atoms with Crippen LogP contribution in [0.3, 0.4) is 0 Å². The van der Waals surface area contributed by atoms with Crippen LogP contribution in [0.5, 0.6) is 34.5 Å². The number of rotatable bonds is 35. The van der Waals surface area contributed by atoms with Gasteiger partial charge < -0.3 is 47.4 Å². The van der Waals surface area contributed by atoms with Crippen molar-refractivity contribution in [1.29, 1.82) is 0 Å². The normalized spacial score (nSPS) is 16.1. The molecule has 14 nitrogen and oxygen atoms in total. The maximum absolute atomic E-state index is 14.0. The molecule has 2 aromatic heterocycles. The maximum Gasteiger partial charge on any atom is 0.338 e. The smallest absolute Gasteiger partial charge is 0.338 e. The fourth-order valence-electron chi connectivity index (χ4n) is 9.91. The number of hydrogen-bond acceptors (Lipinski definition) is 16. The highest BCUT2D eigenvalue weighted by Crippen LogP contribution is 2.57. The van der Waals surface area contributed by atoms with E-state index in [1.807, 2.05) is 13.8 Å². The number of ether oxygens (including phenoxy) is 10. The minimum atomic E-state index is -1.11. The third-order valence-corrected chi connectivity index (χ3v) is 17.9. The summed E-state index contributed by atoms with van der Waals surface area (Å²) in [6.07, 6.45) is 15.5. The van der Waals surface area contributed by atoms with E-state index in [9.17, 15) is 19.2 Å². The van der Waals surface area contributed by atoms with Crippen LogP contribution in [-0.2, 0) is 18.9 Å². The van der Waals surface area contributed by atoms with Crippen LogP contribution < -0.4 is 28.4 Å². The molecule has 0 saturated heterocycles. The molecule has 81 heavy (non-hydrogen) atoms. The van der Waals surface area contributed by atoms with E-state index in [-0.39, 0.29) is 110 Å². The Labute approximate surface area is 490 Å². The van der Waals surface area contributed by atoms with Crippen molar-refractivity contribution in [3.8, 4) is 44.3 Å². The van der Waals surface area contributed by atoms with Crippen molar-refractivity contribution in [3.63, 3.8) is 0 Å². The lowest BCUT2D eigenvalue weighted by molar-refractivity contribution is 0.00898. The SMILES string of the molecule is CCCCC(CC)COC(=O)c1cc(OCC2(COc3cc(C(=O)OCC(CC)CCCC)cc(C(=O)OCC(CC)CCCC)c3)COc3c(C)sc(-c4sc(C)c5c4OCCO5)c3OC2)cc(C(=O)OCC(CC)CCCC)c1. The van der Waals surface area contributed by atoms with Gasteiger partial charge in [-0.3, -0.25) is 0 Å². The number of unbranched alkanes of at least 4 members (excludes halogenated alkanes) is 4. The first-order valence-corrected chi connectivity index (χ1v) is 31.9. The minimum Gasteiger partial charge on any atom is -0.493 e. The van der Waals surface area contributed by atoms with Crippen molar-refractivity contribution in [1.82, 2.24) is 0 Å². The largest absolute Gasteiger partial charge is 0.493 e. The first kappa shape index (κ1) is 64.7.